The van der Waals surface area contributed by atoms with E-state index < -0.39 is 29.4 Å². The molecule has 1 saturated heterocycles. The van der Waals surface area contributed by atoms with Crippen molar-refractivity contribution in [1.82, 2.24) is 24.4 Å². The molecular formula is C28H26F5N5O2. The zero-order valence-corrected chi connectivity index (χ0v) is 22.0. The summed E-state index contributed by atoms with van der Waals surface area (Å²) in [6, 6.07) is 9.99. The van der Waals surface area contributed by atoms with E-state index in [1.165, 1.54) is 25.0 Å². The summed E-state index contributed by atoms with van der Waals surface area (Å²) >= 11 is 0. The summed E-state index contributed by atoms with van der Waals surface area (Å²) in [5, 5.41) is 3.91. The Morgan fingerprint density at radius 3 is 2.27 bits per heavy atom. The fraction of sp³-hybridized carbons (Fsp3) is 0.321. The number of halogens is 5. The van der Waals surface area contributed by atoms with Gasteiger partial charge in [0.1, 0.15) is 11.3 Å². The maximum Gasteiger partial charge on any atom is 0.433 e. The Morgan fingerprint density at radius 1 is 1.00 bits per heavy atom. The largest absolute Gasteiger partial charge is 0.497 e. The topological polar surface area (TPSA) is 63.0 Å². The van der Waals surface area contributed by atoms with Crippen LogP contribution in [0.4, 0.5) is 22.0 Å². The molecule has 7 nitrogen and oxygen atoms in total. The van der Waals surface area contributed by atoms with Gasteiger partial charge in [0.05, 0.1) is 19.0 Å². The molecule has 1 aliphatic heterocycles. The molecule has 2 aromatic carbocycles. The Bertz CT molecular complexity index is 1560. The summed E-state index contributed by atoms with van der Waals surface area (Å²) in [5.74, 6) is -1.80. The van der Waals surface area contributed by atoms with E-state index in [9.17, 15) is 26.7 Å². The first-order valence-corrected chi connectivity index (χ1v) is 12.6. The summed E-state index contributed by atoms with van der Waals surface area (Å²) in [6.07, 6.45) is -3.63. The summed E-state index contributed by atoms with van der Waals surface area (Å²) < 4.78 is 75.5. The van der Waals surface area contributed by atoms with Crippen LogP contribution in [-0.4, -0.2) is 63.6 Å². The average Bonchev–Trinajstić information content (AvgIpc) is 3.36. The third kappa shape index (κ3) is 4.99. The fourth-order valence-corrected chi connectivity index (χ4v) is 5.05. The number of alkyl halides is 3. The van der Waals surface area contributed by atoms with E-state index >= 15 is 0 Å². The monoisotopic (exact) mass is 559 g/mol. The molecular weight excluding hydrogens is 533 g/mol. The standard InChI is InChI=1S/C28H26F5N5O2/c1-16-24(18-4-7-20(40-3)8-5-18)35-26-21(15-34-38(26)25(16)28(31,32)33)27(39)37-12-10-36(11-13-37)17(2)19-6-9-22(29)23(30)14-19/h4-9,14-15,17H,10-13H2,1-3H3/t17-/m0/s1. The molecule has 3 heterocycles. The normalized spacial score (nSPS) is 15.4. The molecule has 1 fully saturated rings. The molecule has 5 rings (SSSR count). The van der Waals surface area contributed by atoms with Crippen LogP contribution in [0.5, 0.6) is 5.75 Å². The molecule has 0 N–H and O–H groups in total. The lowest BCUT2D eigenvalue weighted by molar-refractivity contribution is -0.143. The maximum atomic E-state index is 14.2. The van der Waals surface area contributed by atoms with E-state index in [2.05, 4.69) is 10.1 Å². The summed E-state index contributed by atoms with van der Waals surface area (Å²) in [5.41, 5.74) is -0.229. The number of fused-ring (bicyclic) bond motifs is 1. The van der Waals surface area contributed by atoms with Gasteiger partial charge in [-0.25, -0.2) is 18.3 Å². The van der Waals surface area contributed by atoms with Gasteiger partial charge in [-0.2, -0.15) is 18.3 Å². The highest BCUT2D eigenvalue weighted by Gasteiger charge is 2.39. The van der Waals surface area contributed by atoms with Crippen LogP contribution in [0.2, 0.25) is 0 Å². The van der Waals surface area contributed by atoms with Crippen LogP contribution in [-0.2, 0) is 6.18 Å². The lowest BCUT2D eigenvalue weighted by atomic mass is 10.0. The van der Waals surface area contributed by atoms with Crippen LogP contribution < -0.4 is 4.74 Å². The van der Waals surface area contributed by atoms with Gasteiger partial charge >= 0.3 is 6.18 Å². The van der Waals surface area contributed by atoms with Crippen molar-refractivity contribution in [3.05, 3.63) is 82.7 Å². The van der Waals surface area contributed by atoms with Gasteiger partial charge in [-0.1, -0.05) is 6.07 Å². The molecule has 1 atom stereocenters. The highest BCUT2D eigenvalue weighted by Crippen LogP contribution is 2.37. The number of aromatic nitrogens is 3. The lowest BCUT2D eigenvalue weighted by Gasteiger charge is -2.38. The predicted octanol–water partition coefficient (Wildman–Crippen LogP) is 5.53. The van der Waals surface area contributed by atoms with Gasteiger partial charge in [0, 0.05) is 43.3 Å². The van der Waals surface area contributed by atoms with E-state index in [0.717, 1.165) is 18.3 Å². The molecule has 0 bridgehead atoms. The van der Waals surface area contributed by atoms with Crippen LogP contribution in [0.25, 0.3) is 16.9 Å². The van der Waals surface area contributed by atoms with Crippen molar-refractivity contribution in [1.29, 1.82) is 0 Å². The molecule has 0 radical (unpaired) electrons. The number of hydrogen-bond acceptors (Lipinski definition) is 5. The van der Waals surface area contributed by atoms with Crippen LogP contribution in [0, 0.1) is 18.6 Å². The third-order valence-electron chi connectivity index (χ3n) is 7.32. The minimum atomic E-state index is -4.75. The second-order valence-corrected chi connectivity index (χ2v) is 9.63. The van der Waals surface area contributed by atoms with Crippen molar-refractivity contribution in [3.8, 4) is 17.0 Å². The number of methoxy groups -OCH3 is 1. The fourth-order valence-electron chi connectivity index (χ4n) is 5.05. The summed E-state index contributed by atoms with van der Waals surface area (Å²) in [6.45, 7) is 4.62. The van der Waals surface area contributed by atoms with E-state index in [1.807, 2.05) is 11.8 Å². The molecule has 40 heavy (non-hydrogen) atoms. The minimum absolute atomic E-state index is 0.0395. The number of hydrogen-bond donors (Lipinski definition) is 0. The van der Waals surface area contributed by atoms with Gasteiger partial charge < -0.3 is 9.64 Å². The van der Waals surface area contributed by atoms with E-state index in [1.54, 1.807) is 24.3 Å². The molecule has 1 aliphatic rings. The van der Waals surface area contributed by atoms with Gasteiger partial charge in [-0.15, -0.1) is 0 Å². The number of piperazine rings is 1. The van der Waals surface area contributed by atoms with Crippen molar-refractivity contribution in [2.45, 2.75) is 26.1 Å². The molecule has 1 amide bonds. The van der Waals surface area contributed by atoms with Crippen LogP contribution in [0.15, 0.2) is 48.7 Å². The first kappa shape index (κ1) is 27.5. The summed E-state index contributed by atoms with van der Waals surface area (Å²) in [7, 11) is 1.49. The van der Waals surface area contributed by atoms with Crippen LogP contribution in [0.3, 0.4) is 0 Å². The molecule has 210 valence electrons. The molecule has 12 heteroatoms. The number of carbonyl (C=O) groups excluding carboxylic acids is 1. The van der Waals surface area contributed by atoms with E-state index in [0.29, 0.717) is 34.5 Å². The highest BCUT2D eigenvalue weighted by molar-refractivity contribution is 6.00. The van der Waals surface area contributed by atoms with Gasteiger partial charge in [-0.05, 0) is 55.8 Å². The van der Waals surface area contributed by atoms with Crippen molar-refractivity contribution < 1.29 is 31.5 Å². The van der Waals surface area contributed by atoms with Gasteiger partial charge in [-0.3, -0.25) is 9.69 Å². The number of nitrogens with zero attached hydrogens (tertiary/aromatic N) is 5. The smallest absolute Gasteiger partial charge is 0.433 e. The first-order chi connectivity index (χ1) is 19.0. The average molecular weight is 560 g/mol. The molecule has 2 aromatic heterocycles. The zero-order valence-electron chi connectivity index (χ0n) is 22.0. The molecule has 0 spiro atoms. The van der Waals surface area contributed by atoms with Gasteiger partial charge in [0.25, 0.3) is 5.91 Å². The van der Waals surface area contributed by atoms with Crippen molar-refractivity contribution in [2.75, 3.05) is 33.3 Å². The number of amides is 1. The second kappa shape index (κ2) is 10.5. The third-order valence-corrected chi connectivity index (χ3v) is 7.32. The quantitative estimate of drug-likeness (QED) is 0.301. The number of rotatable bonds is 5. The second-order valence-electron chi connectivity index (χ2n) is 9.63. The van der Waals surface area contributed by atoms with Crippen LogP contribution in [0.1, 0.15) is 40.1 Å². The molecule has 4 aromatic rings. The number of benzene rings is 2. The van der Waals surface area contributed by atoms with E-state index in [4.69, 9.17) is 4.74 Å². The zero-order chi connectivity index (χ0) is 28.8. The Kier molecular flexibility index (Phi) is 7.21. The lowest BCUT2D eigenvalue weighted by Crippen LogP contribution is -2.49. The van der Waals surface area contributed by atoms with Crippen molar-refractivity contribution >= 4 is 11.6 Å². The molecule has 0 unspecified atom stereocenters. The SMILES string of the molecule is COc1ccc(-c2nc3c(C(=O)N4CCN([C@@H](C)c5ccc(F)c(F)c5)CC4)cnn3c(C(F)(F)F)c2C)cc1. The van der Waals surface area contributed by atoms with Crippen molar-refractivity contribution in [3.63, 3.8) is 0 Å². The maximum absolute atomic E-state index is 14.2. The Labute approximate surface area is 226 Å². The Hall–Kier alpha value is -4.06. The Morgan fingerprint density at radius 2 is 1.68 bits per heavy atom. The summed E-state index contributed by atoms with van der Waals surface area (Å²) in [4.78, 5) is 21.6. The minimum Gasteiger partial charge on any atom is -0.497 e. The van der Waals surface area contributed by atoms with Gasteiger partial charge in [0.15, 0.2) is 23.0 Å². The number of ether oxygens (including phenoxy) is 1. The van der Waals surface area contributed by atoms with Crippen molar-refractivity contribution in [2.24, 2.45) is 0 Å². The molecule has 0 aliphatic carbocycles. The predicted molar refractivity (Wildman–Crippen MR) is 137 cm³/mol. The Balaban J connectivity index is 1.44. The van der Waals surface area contributed by atoms with E-state index in [-0.39, 0.29) is 41.6 Å². The highest BCUT2D eigenvalue weighted by atomic mass is 19.4. The van der Waals surface area contributed by atoms with Gasteiger partial charge in [0.2, 0.25) is 0 Å². The molecule has 0 saturated carbocycles. The first-order valence-electron chi connectivity index (χ1n) is 12.6. The number of carbonyl (C=O) groups is 1. The van der Waals surface area contributed by atoms with Crippen LogP contribution >= 0.6 is 0 Å².